The Morgan fingerprint density at radius 3 is 2.23 bits per heavy atom. The van der Waals surface area contributed by atoms with Crippen molar-refractivity contribution >= 4 is 38.3 Å². The van der Waals surface area contributed by atoms with Gasteiger partial charge in [0.15, 0.2) is 5.13 Å². The van der Waals surface area contributed by atoms with E-state index in [0.717, 1.165) is 17.6 Å². The standard InChI is InChI=1S/C19H34N4O6S2/c1-10(2)7-13(16(25)15(24)12(5)17(26)20-8-11(3)4)21-18(27)14-9-30-19(22-14)23-31(6,28)29/h9-13,15-16,24-25H,7-8H2,1-6H3,(H,20,26)(H,21,27)(H,22,23). The summed E-state index contributed by atoms with van der Waals surface area (Å²) in [4.78, 5) is 28.8. The van der Waals surface area contributed by atoms with Crippen LogP contribution in [0.25, 0.3) is 0 Å². The van der Waals surface area contributed by atoms with Crippen molar-refractivity contribution in [1.82, 2.24) is 15.6 Å². The van der Waals surface area contributed by atoms with Crippen LogP contribution in [0.1, 0.15) is 51.5 Å². The van der Waals surface area contributed by atoms with Gasteiger partial charge in [0.05, 0.1) is 24.3 Å². The fourth-order valence-corrected chi connectivity index (χ4v) is 4.32. The zero-order valence-electron chi connectivity index (χ0n) is 18.7. The maximum absolute atomic E-state index is 12.6. The molecule has 4 atom stereocenters. The van der Waals surface area contributed by atoms with Crippen molar-refractivity contribution in [1.29, 1.82) is 0 Å². The summed E-state index contributed by atoms with van der Waals surface area (Å²) in [6.45, 7) is 9.65. The number of carbonyl (C=O) groups is 2. The number of rotatable bonds is 12. The summed E-state index contributed by atoms with van der Waals surface area (Å²) in [6.07, 6.45) is -1.46. The van der Waals surface area contributed by atoms with Gasteiger partial charge in [0.25, 0.3) is 5.91 Å². The summed E-state index contributed by atoms with van der Waals surface area (Å²) in [6, 6.07) is -0.837. The van der Waals surface area contributed by atoms with E-state index in [9.17, 15) is 28.2 Å². The lowest BCUT2D eigenvalue weighted by atomic mass is 9.90. The number of nitrogens with one attached hydrogen (secondary N) is 3. The van der Waals surface area contributed by atoms with E-state index in [0.29, 0.717) is 13.0 Å². The predicted octanol–water partition coefficient (Wildman–Crippen LogP) is 0.789. The molecule has 1 aromatic heterocycles. The first-order valence-corrected chi connectivity index (χ1v) is 12.9. The molecule has 0 saturated heterocycles. The van der Waals surface area contributed by atoms with Crippen LogP contribution in [0.2, 0.25) is 0 Å². The Balaban J connectivity index is 2.89. The molecule has 0 aliphatic carbocycles. The summed E-state index contributed by atoms with van der Waals surface area (Å²) in [7, 11) is -3.53. The summed E-state index contributed by atoms with van der Waals surface area (Å²) in [5.41, 5.74) is -0.0191. The molecule has 31 heavy (non-hydrogen) atoms. The molecule has 0 bridgehead atoms. The number of aliphatic hydroxyl groups is 2. The van der Waals surface area contributed by atoms with Crippen LogP contribution in [-0.2, 0) is 14.8 Å². The second-order valence-electron chi connectivity index (χ2n) is 8.53. The minimum Gasteiger partial charge on any atom is -0.390 e. The number of hydrogen-bond acceptors (Lipinski definition) is 8. The third kappa shape index (κ3) is 9.50. The Morgan fingerprint density at radius 2 is 1.71 bits per heavy atom. The summed E-state index contributed by atoms with van der Waals surface area (Å²) < 4.78 is 24.8. The minimum atomic E-state index is -3.53. The average molecular weight is 479 g/mol. The Kier molecular flexibility index (Phi) is 10.3. The van der Waals surface area contributed by atoms with Gasteiger partial charge in [-0.25, -0.2) is 13.4 Å². The molecule has 0 fully saturated rings. The number of nitrogens with zero attached hydrogens (tertiary/aromatic N) is 1. The lowest BCUT2D eigenvalue weighted by molar-refractivity contribution is -0.132. The Morgan fingerprint density at radius 1 is 1.10 bits per heavy atom. The Labute approximate surface area is 187 Å². The fourth-order valence-electron chi connectivity index (χ4n) is 2.77. The fraction of sp³-hybridized carbons (Fsp3) is 0.737. The number of hydrogen-bond donors (Lipinski definition) is 5. The van der Waals surface area contributed by atoms with Crippen LogP contribution in [-0.4, -0.2) is 66.5 Å². The molecule has 0 aliphatic heterocycles. The first-order chi connectivity index (χ1) is 14.2. The van der Waals surface area contributed by atoms with Gasteiger partial charge in [-0.3, -0.25) is 14.3 Å². The first kappa shape index (κ1) is 27.3. The van der Waals surface area contributed by atoms with E-state index in [1.54, 1.807) is 0 Å². The molecule has 0 aliphatic rings. The molecule has 0 radical (unpaired) electrons. The maximum atomic E-state index is 12.6. The van der Waals surface area contributed by atoms with Crippen LogP contribution < -0.4 is 15.4 Å². The highest BCUT2D eigenvalue weighted by atomic mass is 32.2. The number of aromatic nitrogens is 1. The Hall–Kier alpha value is -1.76. The molecule has 2 amide bonds. The number of aliphatic hydroxyl groups excluding tert-OH is 2. The van der Waals surface area contributed by atoms with Crippen LogP contribution in [0.3, 0.4) is 0 Å². The van der Waals surface area contributed by atoms with Gasteiger partial charge in [0, 0.05) is 11.9 Å². The predicted molar refractivity (Wildman–Crippen MR) is 120 cm³/mol. The lowest BCUT2D eigenvalue weighted by Gasteiger charge is -2.31. The maximum Gasteiger partial charge on any atom is 0.271 e. The molecule has 10 nitrogen and oxygen atoms in total. The third-order valence-electron chi connectivity index (χ3n) is 4.42. The highest BCUT2D eigenvalue weighted by Crippen LogP contribution is 2.19. The zero-order valence-corrected chi connectivity index (χ0v) is 20.4. The summed E-state index contributed by atoms with van der Waals surface area (Å²) in [5.74, 6) is -1.57. The normalized spacial score (nSPS) is 15.9. The monoisotopic (exact) mass is 478 g/mol. The molecule has 4 unspecified atom stereocenters. The van der Waals surface area contributed by atoms with Crippen molar-refractivity contribution in [2.75, 3.05) is 17.5 Å². The first-order valence-electron chi connectivity index (χ1n) is 10.1. The number of thiazole rings is 1. The highest BCUT2D eigenvalue weighted by Gasteiger charge is 2.35. The van der Waals surface area contributed by atoms with Gasteiger partial charge >= 0.3 is 0 Å². The van der Waals surface area contributed by atoms with Crippen molar-refractivity contribution in [3.63, 3.8) is 0 Å². The lowest BCUT2D eigenvalue weighted by Crippen LogP contribution is -2.53. The number of carbonyl (C=O) groups excluding carboxylic acids is 2. The number of sulfonamides is 1. The second kappa shape index (κ2) is 11.7. The van der Waals surface area contributed by atoms with Crippen LogP contribution in [0.5, 0.6) is 0 Å². The molecule has 12 heteroatoms. The minimum absolute atomic E-state index is 0.0191. The van der Waals surface area contributed by atoms with Crippen LogP contribution in [0.15, 0.2) is 5.38 Å². The Bertz CT molecular complexity index is 840. The van der Waals surface area contributed by atoms with Gasteiger partial charge in [-0.05, 0) is 18.3 Å². The van der Waals surface area contributed by atoms with E-state index < -0.39 is 40.1 Å². The molecule has 0 aromatic carbocycles. The topological polar surface area (TPSA) is 158 Å². The molecule has 1 aromatic rings. The summed E-state index contributed by atoms with van der Waals surface area (Å²) in [5, 5.41) is 28.1. The van der Waals surface area contributed by atoms with Crippen molar-refractivity contribution in [3.05, 3.63) is 11.1 Å². The van der Waals surface area contributed by atoms with Gasteiger partial charge in [-0.15, -0.1) is 11.3 Å². The second-order valence-corrected chi connectivity index (χ2v) is 11.1. The number of amides is 2. The molecule has 5 N–H and O–H groups in total. The van der Waals surface area contributed by atoms with Crippen molar-refractivity contribution in [2.24, 2.45) is 17.8 Å². The molecular weight excluding hydrogens is 444 g/mol. The van der Waals surface area contributed by atoms with Gasteiger partial charge in [-0.1, -0.05) is 34.6 Å². The smallest absolute Gasteiger partial charge is 0.271 e. The van der Waals surface area contributed by atoms with E-state index in [-0.39, 0.29) is 28.6 Å². The van der Waals surface area contributed by atoms with E-state index in [4.69, 9.17) is 0 Å². The van der Waals surface area contributed by atoms with E-state index in [2.05, 4.69) is 20.3 Å². The molecule has 0 saturated carbocycles. The van der Waals surface area contributed by atoms with E-state index in [1.165, 1.54) is 12.3 Å². The molecule has 0 spiro atoms. The van der Waals surface area contributed by atoms with Gasteiger partial charge < -0.3 is 20.8 Å². The molecule has 1 rings (SSSR count). The highest BCUT2D eigenvalue weighted by molar-refractivity contribution is 7.92. The quantitative estimate of drug-likeness (QED) is 0.297. The average Bonchev–Trinajstić information content (AvgIpc) is 3.09. The van der Waals surface area contributed by atoms with E-state index >= 15 is 0 Å². The molecular formula is C19H34N4O6S2. The van der Waals surface area contributed by atoms with Gasteiger partial charge in [-0.2, -0.15) is 0 Å². The van der Waals surface area contributed by atoms with Crippen molar-refractivity contribution in [3.8, 4) is 0 Å². The zero-order chi connectivity index (χ0) is 23.9. The van der Waals surface area contributed by atoms with Crippen LogP contribution >= 0.6 is 11.3 Å². The van der Waals surface area contributed by atoms with Gasteiger partial charge in [0.1, 0.15) is 11.8 Å². The molecule has 1 heterocycles. The van der Waals surface area contributed by atoms with Crippen LogP contribution in [0, 0.1) is 17.8 Å². The largest absolute Gasteiger partial charge is 0.390 e. The third-order valence-corrected chi connectivity index (χ3v) is 5.87. The van der Waals surface area contributed by atoms with E-state index in [1.807, 2.05) is 27.7 Å². The van der Waals surface area contributed by atoms with Crippen molar-refractivity contribution < 1.29 is 28.2 Å². The van der Waals surface area contributed by atoms with Crippen LogP contribution in [0.4, 0.5) is 5.13 Å². The SMILES string of the molecule is CC(C)CNC(=O)C(C)C(O)C(O)C(CC(C)C)NC(=O)c1csc(NS(C)(=O)=O)n1. The number of anilines is 1. The van der Waals surface area contributed by atoms with Gasteiger partial charge in [0.2, 0.25) is 15.9 Å². The van der Waals surface area contributed by atoms with Crippen molar-refractivity contribution in [2.45, 2.75) is 59.3 Å². The summed E-state index contributed by atoms with van der Waals surface area (Å²) >= 11 is 0.950. The molecule has 178 valence electrons.